The number of anilines is 1. The van der Waals surface area contributed by atoms with E-state index in [1.54, 1.807) is 0 Å². The molecule has 3 rings (SSSR count). The first-order valence-electron chi connectivity index (χ1n) is 8.38. The van der Waals surface area contributed by atoms with Crippen molar-refractivity contribution in [3.05, 3.63) is 65.2 Å². The monoisotopic (exact) mass is 324 g/mol. The molecule has 2 aromatic rings. The highest BCUT2D eigenvalue weighted by Crippen LogP contribution is 2.22. The van der Waals surface area contributed by atoms with E-state index in [1.165, 1.54) is 0 Å². The Labute approximate surface area is 143 Å². The molecule has 1 saturated heterocycles. The van der Waals surface area contributed by atoms with Crippen molar-refractivity contribution in [1.29, 1.82) is 0 Å². The van der Waals surface area contributed by atoms with Crippen molar-refractivity contribution in [2.45, 2.75) is 20.0 Å². The third-order valence-electron chi connectivity index (χ3n) is 4.36. The number of morpholine rings is 1. The van der Waals surface area contributed by atoms with Gasteiger partial charge in [-0.25, -0.2) is 0 Å². The summed E-state index contributed by atoms with van der Waals surface area (Å²) in [6.07, 6.45) is 0.0356. The number of hydrogen-bond acceptors (Lipinski definition) is 3. The summed E-state index contributed by atoms with van der Waals surface area (Å²) in [7, 11) is 0. The van der Waals surface area contributed by atoms with Gasteiger partial charge >= 0.3 is 0 Å². The predicted molar refractivity (Wildman–Crippen MR) is 96.1 cm³/mol. The minimum Gasteiger partial charge on any atom is -0.371 e. The minimum absolute atomic E-state index is 0.0254. The Kier molecular flexibility index (Phi) is 5.28. The average molecular weight is 324 g/mol. The molecule has 1 heterocycles. The maximum Gasteiger partial charge on any atom is 0.238 e. The van der Waals surface area contributed by atoms with E-state index >= 15 is 0 Å². The van der Waals surface area contributed by atoms with Crippen molar-refractivity contribution < 1.29 is 9.53 Å². The summed E-state index contributed by atoms with van der Waals surface area (Å²) in [5.41, 5.74) is 4.29. The molecule has 24 heavy (non-hydrogen) atoms. The molecule has 0 saturated carbocycles. The number of nitrogens with zero attached hydrogens (tertiary/aromatic N) is 1. The van der Waals surface area contributed by atoms with Crippen LogP contribution in [-0.4, -0.2) is 37.0 Å². The molecule has 0 radical (unpaired) electrons. The van der Waals surface area contributed by atoms with Crippen molar-refractivity contribution in [1.82, 2.24) is 4.90 Å². The first-order chi connectivity index (χ1) is 11.6. The van der Waals surface area contributed by atoms with E-state index in [1.807, 2.05) is 44.2 Å². The lowest BCUT2D eigenvalue weighted by Crippen LogP contribution is -2.42. The molecule has 1 aliphatic rings. The van der Waals surface area contributed by atoms with Crippen LogP contribution in [0.5, 0.6) is 0 Å². The van der Waals surface area contributed by atoms with Gasteiger partial charge in [0, 0.05) is 18.8 Å². The second-order valence-electron chi connectivity index (χ2n) is 6.37. The van der Waals surface area contributed by atoms with Crippen LogP contribution in [0.25, 0.3) is 0 Å². The lowest BCUT2D eigenvalue weighted by Gasteiger charge is -2.32. The van der Waals surface area contributed by atoms with Crippen molar-refractivity contribution >= 4 is 11.6 Å². The fourth-order valence-corrected chi connectivity index (χ4v) is 2.98. The average Bonchev–Trinajstić information content (AvgIpc) is 2.59. The van der Waals surface area contributed by atoms with Gasteiger partial charge in [0.1, 0.15) is 0 Å². The van der Waals surface area contributed by atoms with E-state index in [0.29, 0.717) is 13.2 Å². The van der Waals surface area contributed by atoms with Crippen LogP contribution in [0, 0.1) is 13.8 Å². The van der Waals surface area contributed by atoms with Crippen molar-refractivity contribution in [2.24, 2.45) is 0 Å². The Morgan fingerprint density at radius 1 is 1.21 bits per heavy atom. The van der Waals surface area contributed by atoms with Crippen LogP contribution in [0.3, 0.4) is 0 Å². The Balaban J connectivity index is 1.59. The normalized spacial score (nSPS) is 18.3. The zero-order valence-corrected chi connectivity index (χ0v) is 14.3. The Morgan fingerprint density at radius 3 is 2.79 bits per heavy atom. The highest BCUT2D eigenvalue weighted by molar-refractivity contribution is 5.93. The molecular weight excluding hydrogens is 300 g/mol. The topological polar surface area (TPSA) is 41.6 Å². The van der Waals surface area contributed by atoms with E-state index in [9.17, 15) is 4.79 Å². The maximum atomic E-state index is 12.4. The molecule has 0 bridgehead atoms. The Hall–Kier alpha value is -2.17. The zero-order valence-electron chi connectivity index (χ0n) is 14.3. The number of aryl methyl sites for hydroxylation is 2. The van der Waals surface area contributed by atoms with Gasteiger partial charge in [-0.3, -0.25) is 9.69 Å². The van der Waals surface area contributed by atoms with Crippen LogP contribution in [0.4, 0.5) is 5.69 Å². The lowest BCUT2D eigenvalue weighted by molar-refractivity contribution is -0.119. The quantitative estimate of drug-likeness (QED) is 0.938. The van der Waals surface area contributed by atoms with Gasteiger partial charge in [0.15, 0.2) is 0 Å². The van der Waals surface area contributed by atoms with E-state index in [4.69, 9.17) is 4.74 Å². The molecule has 1 aliphatic heterocycles. The van der Waals surface area contributed by atoms with Gasteiger partial charge in [-0.1, -0.05) is 42.5 Å². The van der Waals surface area contributed by atoms with Crippen LogP contribution >= 0.6 is 0 Å². The number of ether oxygens (including phenoxy) is 1. The van der Waals surface area contributed by atoms with Gasteiger partial charge < -0.3 is 10.1 Å². The van der Waals surface area contributed by atoms with E-state index in [0.717, 1.165) is 35.5 Å². The van der Waals surface area contributed by atoms with Crippen LogP contribution in [0.15, 0.2) is 48.5 Å². The van der Waals surface area contributed by atoms with Gasteiger partial charge in [-0.2, -0.15) is 0 Å². The van der Waals surface area contributed by atoms with Crippen LogP contribution in [-0.2, 0) is 9.53 Å². The van der Waals surface area contributed by atoms with Crippen molar-refractivity contribution in [3.63, 3.8) is 0 Å². The molecule has 4 nitrogen and oxygen atoms in total. The predicted octanol–water partition coefficient (Wildman–Crippen LogP) is 3.32. The number of carbonyl (C=O) groups is 1. The third kappa shape index (κ3) is 4.22. The standard InChI is InChI=1S/C20H24N2O2/c1-15-8-9-16(2)18(12-15)21-20(23)14-22-10-11-24-19(13-22)17-6-4-3-5-7-17/h3-9,12,19H,10-11,13-14H2,1-2H3,(H,21,23). The van der Waals surface area contributed by atoms with Gasteiger partial charge in [-0.05, 0) is 36.6 Å². The molecule has 0 aromatic heterocycles. The Bertz CT molecular complexity index is 700. The molecule has 1 atom stereocenters. The molecule has 0 spiro atoms. The molecule has 126 valence electrons. The van der Waals surface area contributed by atoms with Crippen LogP contribution in [0.2, 0.25) is 0 Å². The van der Waals surface area contributed by atoms with Gasteiger partial charge in [0.25, 0.3) is 0 Å². The first-order valence-corrected chi connectivity index (χ1v) is 8.38. The molecule has 0 aliphatic carbocycles. The van der Waals surface area contributed by atoms with Crippen molar-refractivity contribution in [2.75, 3.05) is 31.6 Å². The second kappa shape index (κ2) is 7.60. The number of nitrogens with one attached hydrogen (secondary N) is 1. The summed E-state index contributed by atoms with van der Waals surface area (Å²) in [5.74, 6) is 0.0254. The molecule has 4 heteroatoms. The smallest absolute Gasteiger partial charge is 0.238 e. The van der Waals surface area contributed by atoms with E-state index in [-0.39, 0.29) is 12.0 Å². The van der Waals surface area contributed by atoms with Crippen LogP contribution < -0.4 is 5.32 Å². The van der Waals surface area contributed by atoms with Gasteiger partial charge in [0.05, 0.1) is 19.3 Å². The molecular formula is C20H24N2O2. The number of benzene rings is 2. The first kappa shape index (κ1) is 16.7. The minimum atomic E-state index is 0.0254. The molecule has 2 aromatic carbocycles. The number of hydrogen-bond donors (Lipinski definition) is 1. The lowest BCUT2D eigenvalue weighted by atomic mass is 10.1. The number of amides is 1. The summed E-state index contributed by atoms with van der Waals surface area (Å²) in [4.78, 5) is 14.5. The highest BCUT2D eigenvalue weighted by Gasteiger charge is 2.23. The molecule has 1 amide bonds. The van der Waals surface area contributed by atoms with E-state index in [2.05, 4.69) is 28.4 Å². The fourth-order valence-electron chi connectivity index (χ4n) is 2.98. The van der Waals surface area contributed by atoms with Gasteiger partial charge in [-0.15, -0.1) is 0 Å². The van der Waals surface area contributed by atoms with Gasteiger partial charge in [0.2, 0.25) is 5.91 Å². The van der Waals surface area contributed by atoms with Crippen LogP contribution in [0.1, 0.15) is 22.8 Å². The Morgan fingerprint density at radius 2 is 2.00 bits per heavy atom. The fraction of sp³-hybridized carbons (Fsp3) is 0.350. The molecule has 1 fully saturated rings. The zero-order chi connectivity index (χ0) is 16.9. The highest BCUT2D eigenvalue weighted by atomic mass is 16.5. The molecule has 1 N–H and O–H groups in total. The second-order valence-corrected chi connectivity index (χ2v) is 6.37. The summed E-state index contributed by atoms with van der Waals surface area (Å²) < 4.78 is 5.86. The summed E-state index contributed by atoms with van der Waals surface area (Å²) >= 11 is 0. The summed E-state index contributed by atoms with van der Waals surface area (Å²) in [6.45, 7) is 6.60. The maximum absolute atomic E-state index is 12.4. The van der Waals surface area contributed by atoms with Crippen molar-refractivity contribution in [3.8, 4) is 0 Å². The third-order valence-corrected chi connectivity index (χ3v) is 4.36. The summed E-state index contributed by atoms with van der Waals surface area (Å²) in [5, 5.41) is 3.03. The van der Waals surface area contributed by atoms with E-state index < -0.39 is 0 Å². The number of carbonyl (C=O) groups excluding carboxylic acids is 1. The summed E-state index contributed by atoms with van der Waals surface area (Å²) in [6, 6.07) is 16.3. The molecule has 1 unspecified atom stereocenters. The number of rotatable bonds is 4. The largest absolute Gasteiger partial charge is 0.371 e. The SMILES string of the molecule is Cc1ccc(C)c(NC(=O)CN2CCOC(c3ccccc3)C2)c1.